The third-order valence-corrected chi connectivity index (χ3v) is 11.8. The lowest BCUT2D eigenvalue weighted by Gasteiger charge is -2.47. The van der Waals surface area contributed by atoms with Crippen LogP contribution in [-0.2, 0) is 38.0 Å². The van der Waals surface area contributed by atoms with Crippen molar-refractivity contribution in [1.29, 1.82) is 0 Å². The maximum Gasteiger partial charge on any atom is 0.311 e. The first-order valence-corrected chi connectivity index (χ1v) is 18.3. The van der Waals surface area contributed by atoms with Crippen LogP contribution in [0.25, 0.3) is 0 Å². The van der Waals surface area contributed by atoms with E-state index in [-0.39, 0.29) is 36.7 Å². The highest BCUT2D eigenvalue weighted by atomic mass is 16.7. The minimum absolute atomic E-state index is 0.0342. The number of carbonyl (C=O) groups is 2. The zero-order chi connectivity index (χ0) is 37.2. The number of aliphatic hydroxyl groups excluding tert-OH is 2. The molecule has 0 aromatic rings. The van der Waals surface area contributed by atoms with Crippen LogP contribution in [0.4, 0.5) is 0 Å². The summed E-state index contributed by atoms with van der Waals surface area (Å²) in [6.45, 7) is 17.9. The molecule has 0 unspecified atom stereocenters. The summed E-state index contributed by atoms with van der Waals surface area (Å²) in [7, 11) is 5.63. The van der Waals surface area contributed by atoms with Gasteiger partial charge in [0.1, 0.15) is 23.6 Å². The van der Waals surface area contributed by atoms with Crippen molar-refractivity contribution in [3.8, 4) is 0 Å². The molecule has 3 heterocycles. The Morgan fingerprint density at radius 1 is 0.857 bits per heavy atom. The van der Waals surface area contributed by atoms with Gasteiger partial charge in [0.15, 0.2) is 12.6 Å². The summed E-state index contributed by atoms with van der Waals surface area (Å²) in [5.74, 6) is -3.71. The van der Waals surface area contributed by atoms with Crippen LogP contribution in [0.15, 0.2) is 0 Å². The molecule has 3 rings (SSSR count). The van der Waals surface area contributed by atoms with Gasteiger partial charge < -0.3 is 48.6 Å². The highest BCUT2D eigenvalue weighted by molar-refractivity contribution is 5.83. The van der Waals surface area contributed by atoms with Crippen molar-refractivity contribution in [3.63, 3.8) is 0 Å². The molecule has 3 aliphatic heterocycles. The normalized spacial score (nSPS) is 48.2. The molecule has 3 saturated heterocycles. The Bertz CT molecular complexity index is 1090. The minimum atomic E-state index is -1.89. The van der Waals surface area contributed by atoms with Gasteiger partial charge in [-0.1, -0.05) is 34.6 Å². The van der Waals surface area contributed by atoms with E-state index in [0.717, 1.165) is 6.42 Å². The summed E-state index contributed by atoms with van der Waals surface area (Å²) in [4.78, 5) is 30.0. The second-order valence-electron chi connectivity index (χ2n) is 16.1. The van der Waals surface area contributed by atoms with Gasteiger partial charge in [-0.3, -0.25) is 9.59 Å². The average Bonchev–Trinajstić information content (AvgIpc) is 3.04. The molecule has 3 N–H and O–H groups in total. The molecule has 12 heteroatoms. The first-order chi connectivity index (χ1) is 22.7. The van der Waals surface area contributed by atoms with E-state index in [4.69, 9.17) is 28.4 Å². The predicted molar refractivity (Wildman–Crippen MR) is 183 cm³/mol. The molecule has 3 aliphatic rings. The molecule has 49 heavy (non-hydrogen) atoms. The van der Waals surface area contributed by atoms with E-state index in [9.17, 15) is 24.9 Å². The molecule has 0 aliphatic carbocycles. The quantitative estimate of drug-likeness (QED) is 0.332. The van der Waals surface area contributed by atoms with Crippen molar-refractivity contribution in [1.82, 2.24) is 4.90 Å². The van der Waals surface area contributed by atoms with Crippen LogP contribution >= 0.6 is 0 Å². The molecule has 0 amide bonds. The second kappa shape index (κ2) is 17.1. The average molecular weight is 702 g/mol. The maximum atomic E-state index is 14.0. The van der Waals surface area contributed by atoms with Gasteiger partial charge in [0.25, 0.3) is 0 Å². The van der Waals surface area contributed by atoms with E-state index in [1.165, 1.54) is 14.0 Å². The maximum absolute atomic E-state index is 14.0. The Hall–Kier alpha value is -1.22. The van der Waals surface area contributed by atoms with Crippen LogP contribution in [0.3, 0.4) is 0 Å². The molecule has 0 saturated carbocycles. The van der Waals surface area contributed by atoms with E-state index in [1.54, 1.807) is 34.6 Å². The van der Waals surface area contributed by atoms with Crippen LogP contribution in [-0.4, -0.2) is 126 Å². The van der Waals surface area contributed by atoms with E-state index < -0.39 is 90.0 Å². The Morgan fingerprint density at radius 3 is 2.04 bits per heavy atom. The molecule has 3 fully saturated rings. The van der Waals surface area contributed by atoms with Gasteiger partial charge in [0.05, 0.1) is 42.0 Å². The number of hydrogen-bond donors (Lipinski definition) is 3. The number of ether oxygens (including phenoxy) is 6. The smallest absolute Gasteiger partial charge is 0.311 e. The Labute approximate surface area is 294 Å². The molecule has 0 aromatic heterocycles. The number of ketones is 1. The summed E-state index contributed by atoms with van der Waals surface area (Å²) >= 11 is 0. The Morgan fingerprint density at radius 2 is 1.47 bits per heavy atom. The Balaban J connectivity index is 2.10. The largest absolute Gasteiger partial charge is 0.459 e. The zero-order valence-electron chi connectivity index (χ0n) is 32.3. The summed E-state index contributed by atoms with van der Waals surface area (Å²) in [6, 6.07) is 0.246. The number of hydrogen-bond acceptors (Lipinski definition) is 12. The number of carbonyl (C=O) groups excluding carboxylic acids is 2. The second-order valence-corrected chi connectivity index (χ2v) is 16.1. The van der Waals surface area contributed by atoms with Gasteiger partial charge >= 0.3 is 5.97 Å². The summed E-state index contributed by atoms with van der Waals surface area (Å²) in [5, 5.41) is 33.8. The van der Waals surface area contributed by atoms with E-state index >= 15 is 0 Å². The first-order valence-electron chi connectivity index (χ1n) is 18.3. The van der Waals surface area contributed by atoms with E-state index in [0.29, 0.717) is 12.8 Å². The summed E-state index contributed by atoms with van der Waals surface area (Å²) in [5.41, 5.74) is -2.85. The Kier molecular flexibility index (Phi) is 14.7. The fourth-order valence-corrected chi connectivity index (χ4v) is 8.29. The number of Topliss-reactive ketones (excluding diaryl/α,β-unsaturated/α-hetero) is 1. The predicted octanol–water partition coefficient (Wildman–Crippen LogP) is 3.70. The topological polar surface area (TPSA) is 153 Å². The molecule has 0 spiro atoms. The fraction of sp³-hybridized carbons (Fsp3) is 0.946. The van der Waals surface area contributed by atoms with Gasteiger partial charge in [-0.2, -0.15) is 0 Å². The lowest BCUT2D eigenvalue weighted by atomic mass is 9.75. The van der Waals surface area contributed by atoms with Crippen LogP contribution in [0.2, 0.25) is 0 Å². The van der Waals surface area contributed by atoms with Crippen molar-refractivity contribution in [2.45, 2.75) is 174 Å². The third kappa shape index (κ3) is 9.61. The summed E-state index contributed by atoms with van der Waals surface area (Å²) < 4.78 is 37.8. The lowest BCUT2D eigenvalue weighted by molar-refractivity contribution is -0.303. The van der Waals surface area contributed by atoms with Crippen molar-refractivity contribution in [3.05, 3.63) is 0 Å². The molecular formula is C37H67NO11. The standard InChI is InChI=1S/C37H67NO11/c1-14-27-37(10,43)33(40)22(5)30(39)19(2)15-20(3)31(48-28-17-26(38(11)12)16-21(4)45-28)23(6)32(24(7)35(42)47-27)49-29-18-36(9,44-13)34(41)25(8)46-29/h19-29,31-34,40-41,43H,14-18H2,1-13H3/t19-,20+,21-,22+,23-,24-,25+,26+,27-,28+,29+,31+,32+,33-,34+,36-,37-/m1/s1. The number of aliphatic hydroxyl groups is 3. The van der Waals surface area contributed by atoms with E-state index in [1.807, 2.05) is 41.8 Å². The number of rotatable bonds is 7. The van der Waals surface area contributed by atoms with Crippen molar-refractivity contribution in [2.75, 3.05) is 21.2 Å². The number of esters is 1. The molecule has 0 bridgehead atoms. The molecule has 17 atom stereocenters. The first kappa shape index (κ1) is 42.2. The van der Waals surface area contributed by atoms with Gasteiger partial charge in [0, 0.05) is 43.7 Å². The molecule has 0 radical (unpaired) electrons. The van der Waals surface area contributed by atoms with Crippen molar-refractivity contribution < 1.29 is 53.3 Å². The SMILES string of the molecule is CC[C@H]1OC(=O)[C@H](C)[C@@H](O[C@H]2C[C@@](C)(OC)[C@@H](O)[C@H](C)O2)[C@H](C)[C@@H](O[C@H]2C[C@@H](N(C)C)C[C@@H](C)O2)[C@@H](C)C[C@@H](C)C(=O)[C@H](C)[C@@H](O)[C@]1(C)O. The fourth-order valence-electron chi connectivity index (χ4n) is 8.29. The zero-order valence-corrected chi connectivity index (χ0v) is 32.3. The number of cyclic esters (lactones) is 1. The highest BCUT2D eigenvalue weighted by Gasteiger charge is 2.50. The van der Waals surface area contributed by atoms with Gasteiger partial charge in [0.2, 0.25) is 0 Å². The van der Waals surface area contributed by atoms with Crippen molar-refractivity contribution >= 4 is 11.8 Å². The van der Waals surface area contributed by atoms with Gasteiger partial charge in [-0.25, -0.2) is 0 Å². The van der Waals surface area contributed by atoms with Crippen LogP contribution in [0.5, 0.6) is 0 Å². The van der Waals surface area contributed by atoms with Crippen molar-refractivity contribution in [2.24, 2.45) is 29.6 Å². The minimum Gasteiger partial charge on any atom is -0.459 e. The van der Waals surface area contributed by atoms with Gasteiger partial charge in [-0.05, 0) is 73.9 Å². The monoisotopic (exact) mass is 701 g/mol. The third-order valence-electron chi connectivity index (χ3n) is 11.8. The van der Waals surface area contributed by atoms with Crippen LogP contribution in [0, 0.1) is 29.6 Å². The molecule has 286 valence electrons. The lowest BCUT2D eigenvalue weighted by Crippen LogP contribution is -2.58. The molecule has 0 aromatic carbocycles. The molecular weight excluding hydrogens is 634 g/mol. The van der Waals surface area contributed by atoms with Crippen LogP contribution < -0.4 is 0 Å². The number of methoxy groups -OCH3 is 1. The van der Waals surface area contributed by atoms with Gasteiger partial charge in [-0.15, -0.1) is 0 Å². The molecule has 12 nitrogen and oxygen atoms in total. The van der Waals surface area contributed by atoms with Crippen LogP contribution in [0.1, 0.15) is 101 Å². The highest BCUT2D eigenvalue weighted by Crippen LogP contribution is 2.39. The van der Waals surface area contributed by atoms with E-state index in [2.05, 4.69) is 4.90 Å². The number of nitrogens with zero attached hydrogens (tertiary/aromatic N) is 1. The summed E-state index contributed by atoms with van der Waals surface area (Å²) in [6.07, 6.45) is -4.45.